The van der Waals surface area contributed by atoms with E-state index in [-0.39, 0.29) is 11.0 Å². The Balaban J connectivity index is 2.94. The maximum absolute atomic E-state index is 13.1. The Kier molecular flexibility index (Phi) is 3.87. The largest absolute Gasteiger partial charge is 0.206 e. The van der Waals surface area contributed by atoms with Crippen LogP contribution >= 0.6 is 15.9 Å². The van der Waals surface area contributed by atoms with E-state index in [4.69, 9.17) is 5.26 Å². The first kappa shape index (κ1) is 12.2. The minimum atomic E-state index is -0.446. The SMILES string of the molecule is CC(C)(CBr)Cc1ccc(F)c(C#N)c1. The zero-order valence-electron chi connectivity index (χ0n) is 8.85. The zero-order chi connectivity index (χ0) is 11.5. The van der Waals surface area contributed by atoms with Crippen molar-refractivity contribution in [3.05, 3.63) is 35.1 Å². The van der Waals surface area contributed by atoms with Crippen LogP contribution in [0.4, 0.5) is 4.39 Å². The summed E-state index contributed by atoms with van der Waals surface area (Å²) in [5.74, 6) is -0.446. The van der Waals surface area contributed by atoms with Crippen LogP contribution in [0.25, 0.3) is 0 Å². The van der Waals surface area contributed by atoms with E-state index < -0.39 is 5.82 Å². The molecule has 0 atom stereocenters. The molecule has 0 heterocycles. The second-order valence-electron chi connectivity index (χ2n) is 4.40. The molecule has 0 aromatic heterocycles. The third-order valence-corrected chi connectivity index (χ3v) is 3.71. The third-order valence-electron chi connectivity index (χ3n) is 2.20. The molecule has 0 aliphatic heterocycles. The van der Waals surface area contributed by atoms with Gasteiger partial charge in [0.1, 0.15) is 11.9 Å². The zero-order valence-corrected chi connectivity index (χ0v) is 10.4. The Labute approximate surface area is 98.0 Å². The standard InChI is InChI=1S/C12H13BrFN/c1-12(2,8-13)6-9-3-4-11(14)10(5-9)7-15/h3-5H,6,8H2,1-2H3. The van der Waals surface area contributed by atoms with Crippen LogP contribution in [0.3, 0.4) is 0 Å². The summed E-state index contributed by atoms with van der Waals surface area (Å²) in [6.45, 7) is 4.24. The van der Waals surface area contributed by atoms with Crippen molar-refractivity contribution in [3.63, 3.8) is 0 Å². The van der Waals surface area contributed by atoms with Crippen LogP contribution in [0.15, 0.2) is 18.2 Å². The summed E-state index contributed by atoms with van der Waals surface area (Å²) < 4.78 is 13.1. The van der Waals surface area contributed by atoms with Gasteiger partial charge >= 0.3 is 0 Å². The fraction of sp³-hybridized carbons (Fsp3) is 0.417. The first-order valence-electron chi connectivity index (χ1n) is 4.73. The Hall–Kier alpha value is -0.880. The van der Waals surface area contributed by atoms with E-state index in [1.54, 1.807) is 12.1 Å². The van der Waals surface area contributed by atoms with Crippen LogP contribution in [0.5, 0.6) is 0 Å². The van der Waals surface area contributed by atoms with Gasteiger partial charge in [-0.3, -0.25) is 0 Å². The monoisotopic (exact) mass is 269 g/mol. The minimum absolute atomic E-state index is 0.116. The van der Waals surface area contributed by atoms with Crippen LogP contribution in [0.2, 0.25) is 0 Å². The summed E-state index contributed by atoms with van der Waals surface area (Å²) >= 11 is 3.44. The molecule has 1 nitrogen and oxygen atoms in total. The predicted molar refractivity (Wildman–Crippen MR) is 62.4 cm³/mol. The number of rotatable bonds is 3. The fourth-order valence-corrected chi connectivity index (χ4v) is 1.57. The Morgan fingerprint density at radius 2 is 2.13 bits per heavy atom. The van der Waals surface area contributed by atoms with Crippen LogP contribution in [0, 0.1) is 22.6 Å². The highest BCUT2D eigenvalue weighted by Gasteiger charge is 2.17. The van der Waals surface area contributed by atoms with Gasteiger partial charge in [0.25, 0.3) is 0 Å². The van der Waals surface area contributed by atoms with Crippen LogP contribution in [-0.4, -0.2) is 5.33 Å². The van der Waals surface area contributed by atoms with Crippen molar-refractivity contribution in [1.82, 2.24) is 0 Å². The lowest BCUT2D eigenvalue weighted by Gasteiger charge is -2.21. The molecule has 0 aliphatic rings. The molecule has 0 fully saturated rings. The molecule has 0 spiro atoms. The van der Waals surface area contributed by atoms with Crippen molar-refractivity contribution in [1.29, 1.82) is 5.26 Å². The molecule has 80 valence electrons. The molecular formula is C12H13BrFN. The highest BCUT2D eigenvalue weighted by atomic mass is 79.9. The highest BCUT2D eigenvalue weighted by Crippen LogP contribution is 2.24. The van der Waals surface area contributed by atoms with Crippen LogP contribution < -0.4 is 0 Å². The fourth-order valence-electron chi connectivity index (χ4n) is 1.37. The number of nitriles is 1. The smallest absolute Gasteiger partial charge is 0.140 e. The second kappa shape index (κ2) is 4.76. The van der Waals surface area contributed by atoms with E-state index in [1.165, 1.54) is 6.07 Å². The maximum atomic E-state index is 13.1. The number of nitrogens with zero attached hydrogens (tertiary/aromatic N) is 1. The van der Waals surface area contributed by atoms with Crippen molar-refractivity contribution in [2.45, 2.75) is 20.3 Å². The quantitative estimate of drug-likeness (QED) is 0.769. The Morgan fingerprint density at radius 1 is 1.47 bits per heavy atom. The van der Waals surface area contributed by atoms with Gasteiger partial charge in [0.15, 0.2) is 0 Å². The molecule has 3 heteroatoms. The first-order valence-corrected chi connectivity index (χ1v) is 5.85. The Bertz CT molecular complexity index is 393. The molecule has 15 heavy (non-hydrogen) atoms. The molecule has 0 saturated heterocycles. The van der Waals surface area contributed by atoms with E-state index in [2.05, 4.69) is 29.8 Å². The van der Waals surface area contributed by atoms with Gasteiger partial charge in [-0.05, 0) is 29.5 Å². The lowest BCUT2D eigenvalue weighted by atomic mass is 9.87. The second-order valence-corrected chi connectivity index (χ2v) is 4.96. The molecule has 0 radical (unpaired) electrons. The number of hydrogen-bond acceptors (Lipinski definition) is 1. The minimum Gasteiger partial charge on any atom is -0.206 e. The van der Waals surface area contributed by atoms with Crippen LogP contribution in [-0.2, 0) is 6.42 Å². The summed E-state index contributed by atoms with van der Waals surface area (Å²) in [5.41, 5.74) is 1.24. The Morgan fingerprint density at radius 3 is 2.67 bits per heavy atom. The van der Waals surface area contributed by atoms with Crippen molar-refractivity contribution >= 4 is 15.9 Å². The highest BCUT2D eigenvalue weighted by molar-refractivity contribution is 9.09. The van der Waals surface area contributed by atoms with Crippen molar-refractivity contribution in [2.24, 2.45) is 5.41 Å². The molecule has 0 bridgehead atoms. The van der Waals surface area contributed by atoms with E-state index in [1.807, 2.05) is 6.07 Å². The summed E-state index contributed by atoms with van der Waals surface area (Å²) in [4.78, 5) is 0. The molecule has 1 aromatic carbocycles. The predicted octanol–water partition coefficient (Wildman–Crippen LogP) is 3.66. The summed E-state index contributed by atoms with van der Waals surface area (Å²) in [6.07, 6.45) is 0.827. The maximum Gasteiger partial charge on any atom is 0.140 e. The van der Waals surface area contributed by atoms with Gasteiger partial charge in [0.05, 0.1) is 5.56 Å². The van der Waals surface area contributed by atoms with Crippen molar-refractivity contribution in [2.75, 3.05) is 5.33 Å². The van der Waals surface area contributed by atoms with Crippen molar-refractivity contribution < 1.29 is 4.39 Å². The third kappa shape index (κ3) is 3.32. The summed E-state index contributed by atoms with van der Waals surface area (Å²) in [7, 11) is 0. The van der Waals surface area contributed by atoms with E-state index in [9.17, 15) is 4.39 Å². The van der Waals surface area contributed by atoms with Gasteiger partial charge in [-0.2, -0.15) is 5.26 Å². The summed E-state index contributed by atoms with van der Waals surface area (Å²) in [5, 5.41) is 9.57. The van der Waals surface area contributed by atoms with Gasteiger partial charge < -0.3 is 0 Å². The molecule has 1 rings (SSSR count). The van der Waals surface area contributed by atoms with Gasteiger partial charge in [-0.1, -0.05) is 35.8 Å². The average Bonchev–Trinajstić information content (AvgIpc) is 2.20. The van der Waals surface area contributed by atoms with Gasteiger partial charge in [0, 0.05) is 5.33 Å². The molecule has 0 aliphatic carbocycles. The van der Waals surface area contributed by atoms with Crippen LogP contribution in [0.1, 0.15) is 25.0 Å². The van der Waals surface area contributed by atoms with E-state index >= 15 is 0 Å². The van der Waals surface area contributed by atoms with Gasteiger partial charge in [-0.15, -0.1) is 0 Å². The molecule has 1 aromatic rings. The van der Waals surface area contributed by atoms with Crippen molar-refractivity contribution in [3.8, 4) is 6.07 Å². The van der Waals surface area contributed by atoms with E-state index in [0.717, 1.165) is 17.3 Å². The molecule has 0 saturated carbocycles. The molecule has 0 unspecified atom stereocenters. The van der Waals surface area contributed by atoms with Gasteiger partial charge in [-0.25, -0.2) is 4.39 Å². The number of hydrogen-bond donors (Lipinski definition) is 0. The number of benzene rings is 1. The summed E-state index contributed by atoms with van der Waals surface area (Å²) in [6, 6.07) is 6.57. The lowest BCUT2D eigenvalue weighted by Crippen LogP contribution is -2.16. The van der Waals surface area contributed by atoms with E-state index in [0.29, 0.717) is 0 Å². The topological polar surface area (TPSA) is 23.8 Å². The molecular weight excluding hydrogens is 257 g/mol. The number of alkyl halides is 1. The van der Waals surface area contributed by atoms with Gasteiger partial charge in [0.2, 0.25) is 0 Å². The average molecular weight is 270 g/mol. The first-order chi connectivity index (χ1) is 6.98. The molecule has 0 N–H and O–H groups in total. The lowest BCUT2D eigenvalue weighted by molar-refractivity contribution is 0.424. The molecule has 0 amide bonds. The normalized spacial score (nSPS) is 11.1. The number of halogens is 2.